The molecule has 0 radical (unpaired) electrons. The number of carbonyl (C=O) groups is 1. The molecule has 0 bridgehead atoms. The van der Waals surface area contributed by atoms with Crippen LogP contribution in [0.1, 0.15) is 17.3 Å². The molecule has 2 atom stereocenters. The third-order valence-electron chi connectivity index (χ3n) is 3.11. The summed E-state index contributed by atoms with van der Waals surface area (Å²) in [6.07, 6.45) is 3.00. The van der Waals surface area contributed by atoms with E-state index in [2.05, 4.69) is 4.98 Å². The molecular weight excluding hydrogens is 246 g/mol. The van der Waals surface area contributed by atoms with Gasteiger partial charge in [-0.2, -0.15) is 0 Å². The van der Waals surface area contributed by atoms with Crippen molar-refractivity contribution in [3.05, 3.63) is 24.0 Å². The van der Waals surface area contributed by atoms with Gasteiger partial charge >= 0.3 is 0 Å². The molecule has 2 rings (SSSR count). The van der Waals surface area contributed by atoms with Gasteiger partial charge in [-0.25, -0.2) is 0 Å². The first-order valence-electron chi connectivity index (χ1n) is 6.28. The minimum Gasteiger partial charge on any atom is -0.494 e. The van der Waals surface area contributed by atoms with Gasteiger partial charge in [-0.3, -0.25) is 9.78 Å². The Labute approximate surface area is 112 Å². The molecule has 0 aliphatic carbocycles. The zero-order valence-corrected chi connectivity index (χ0v) is 11.2. The van der Waals surface area contributed by atoms with Crippen molar-refractivity contribution in [2.45, 2.75) is 19.1 Å². The Kier molecular flexibility index (Phi) is 4.34. The average molecular weight is 265 g/mol. The Morgan fingerprint density at radius 1 is 1.63 bits per heavy atom. The maximum absolute atomic E-state index is 12.5. The van der Waals surface area contributed by atoms with Crippen molar-refractivity contribution in [1.29, 1.82) is 0 Å². The largest absolute Gasteiger partial charge is 0.494 e. The molecule has 1 aromatic rings. The van der Waals surface area contributed by atoms with E-state index in [-0.39, 0.29) is 18.1 Å². The first-order valence-corrected chi connectivity index (χ1v) is 6.28. The van der Waals surface area contributed by atoms with E-state index in [1.807, 2.05) is 6.92 Å². The van der Waals surface area contributed by atoms with Crippen LogP contribution >= 0.6 is 0 Å². The quantitative estimate of drug-likeness (QED) is 0.849. The standard InChI is InChI=1S/C13H19N3O3/c1-9-7-16(8-10(5-14)19-9)13(17)11-3-4-15-6-12(11)18-2/h3-4,6,9-10H,5,7-8,14H2,1-2H3. The molecule has 6 heteroatoms. The highest BCUT2D eigenvalue weighted by Crippen LogP contribution is 2.20. The van der Waals surface area contributed by atoms with Crippen molar-refractivity contribution >= 4 is 5.91 Å². The van der Waals surface area contributed by atoms with Gasteiger partial charge in [0.25, 0.3) is 5.91 Å². The van der Waals surface area contributed by atoms with Crippen molar-refractivity contribution in [3.63, 3.8) is 0 Å². The van der Waals surface area contributed by atoms with Gasteiger partial charge in [0.2, 0.25) is 0 Å². The van der Waals surface area contributed by atoms with Crippen LogP contribution < -0.4 is 10.5 Å². The number of ether oxygens (including phenoxy) is 2. The maximum Gasteiger partial charge on any atom is 0.257 e. The SMILES string of the molecule is COc1cnccc1C(=O)N1CC(C)OC(CN)C1. The van der Waals surface area contributed by atoms with Crippen molar-refractivity contribution in [3.8, 4) is 5.75 Å². The number of hydrogen-bond donors (Lipinski definition) is 1. The normalized spacial score (nSPS) is 23.2. The van der Waals surface area contributed by atoms with Gasteiger partial charge in [-0.1, -0.05) is 0 Å². The van der Waals surface area contributed by atoms with Crippen LogP contribution in [0.15, 0.2) is 18.5 Å². The van der Waals surface area contributed by atoms with Crippen LogP contribution in [0.2, 0.25) is 0 Å². The van der Waals surface area contributed by atoms with Crippen molar-refractivity contribution < 1.29 is 14.3 Å². The van der Waals surface area contributed by atoms with Crippen molar-refractivity contribution in [2.24, 2.45) is 5.73 Å². The van der Waals surface area contributed by atoms with Crippen LogP contribution in [0.25, 0.3) is 0 Å². The highest BCUT2D eigenvalue weighted by Gasteiger charge is 2.29. The lowest BCUT2D eigenvalue weighted by atomic mass is 10.1. The number of methoxy groups -OCH3 is 1. The van der Waals surface area contributed by atoms with Crippen LogP contribution in [-0.2, 0) is 4.74 Å². The lowest BCUT2D eigenvalue weighted by Crippen LogP contribution is -2.51. The Morgan fingerprint density at radius 3 is 3.11 bits per heavy atom. The lowest BCUT2D eigenvalue weighted by molar-refractivity contribution is -0.0626. The van der Waals surface area contributed by atoms with E-state index in [0.29, 0.717) is 30.9 Å². The van der Waals surface area contributed by atoms with E-state index >= 15 is 0 Å². The van der Waals surface area contributed by atoms with E-state index < -0.39 is 0 Å². The van der Waals surface area contributed by atoms with Crippen LogP contribution in [0.4, 0.5) is 0 Å². The number of carbonyl (C=O) groups excluding carboxylic acids is 1. The summed E-state index contributed by atoms with van der Waals surface area (Å²) in [7, 11) is 1.53. The minimum absolute atomic E-state index is 0.0147. The van der Waals surface area contributed by atoms with Crippen LogP contribution in [0, 0.1) is 0 Å². The molecule has 2 N–H and O–H groups in total. The number of nitrogens with zero attached hydrogens (tertiary/aromatic N) is 2. The van der Waals surface area contributed by atoms with Crippen molar-refractivity contribution in [2.75, 3.05) is 26.7 Å². The van der Waals surface area contributed by atoms with E-state index in [1.54, 1.807) is 17.2 Å². The number of rotatable bonds is 3. The van der Waals surface area contributed by atoms with Crippen LogP contribution in [0.3, 0.4) is 0 Å². The zero-order chi connectivity index (χ0) is 13.8. The molecule has 1 aliphatic heterocycles. The molecule has 0 aromatic carbocycles. The fraction of sp³-hybridized carbons (Fsp3) is 0.538. The zero-order valence-electron chi connectivity index (χ0n) is 11.2. The molecule has 1 amide bonds. The summed E-state index contributed by atoms with van der Waals surface area (Å²) in [5.74, 6) is 0.406. The molecule has 1 saturated heterocycles. The number of hydrogen-bond acceptors (Lipinski definition) is 5. The van der Waals surface area contributed by atoms with Crippen molar-refractivity contribution in [1.82, 2.24) is 9.88 Å². The molecule has 0 spiro atoms. The second kappa shape index (κ2) is 5.99. The van der Waals surface area contributed by atoms with Crippen LogP contribution in [-0.4, -0.2) is 54.7 Å². The summed E-state index contributed by atoms with van der Waals surface area (Å²) in [5.41, 5.74) is 6.14. The molecule has 104 valence electrons. The first-order chi connectivity index (χ1) is 9.15. The Bertz CT molecular complexity index is 453. The summed E-state index contributed by atoms with van der Waals surface area (Å²) in [4.78, 5) is 18.2. The molecule has 6 nitrogen and oxygen atoms in total. The topological polar surface area (TPSA) is 77.7 Å². The van der Waals surface area contributed by atoms with Gasteiger partial charge in [-0.05, 0) is 13.0 Å². The monoisotopic (exact) mass is 265 g/mol. The number of pyridine rings is 1. The highest BCUT2D eigenvalue weighted by atomic mass is 16.5. The summed E-state index contributed by atoms with van der Waals surface area (Å²) < 4.78 is 10.8. The number of amides is 1. The van der Waals surface area contributed by atoms with Gasteiger partial charge in [0.15, 0.2) is 0 Å². The Balaban J connectivity index is 2.18. The average Bonchev–Trinajstić information content (AvgIpc) is 2.45. The molecule has 1 aromatic heterocycles. The summed E-state index contributed by atoms with van der Waals surface area (Å²) >= 11 is 0. The Hall–Kier alpha value is -1.66. The second-order valence-electron chi connectivity index (χ2n) is 4.59. The highest BCUT2D eigenvalue weighted by molar-refractivity contribution is 5.96. The smallest absolute Gasteiger partial charge is 0.257 e. The molecule has 0 saturated carbocycles. The number of nitrogens with two attached hydrogens (primary N) is 1. The predicted octanol–water partition coefficient (Wildman–Crippen LogP) is 0.278. The number of aromatic nitrogens is 1. The van der Waals surface area contributed by atoms with Crippen LogP contribution in [0.5, 0.6) is 5.75 Å². The lowest BCUT2D eigenvalue weighted by Gasteiger charge is -2.36. The van der Waals surface area contributed by atoms with Gasteiger partial charge in [0, 0.05) is 25.8 Å². The fourth-order valence-electron chi connectivity index (χ4n) is 2.23. The Morgan fingerprint density at radius 2 is 2.42 bits per heavy atom. The van der Waals surface area contributed by atoms with E-state index in [9.17, 15) is 4.79 Å². The fourth-order valence-corrected chi connectivity index (χ4v) is 2.23. The summed E-state index contributed by atoms with van der Waals surface area (Å²) in [6.45, 7) is 3.40. The third kappa shape index (κ3) is 3.02. The second-order valence-corrected chi connectivity index (χ2v) is 4.59. The minimum atomic E-state index is -0.111. The molecule has 2 unspecified atom stereocenters. The van der Waals surface area contributed by atoms with E-state index in [1.165, 1.54) is 13.3 Å². The van der Waals surface area contributed by atoms with Gasteiger partial charge < -0.3 is 20.1 Å². The molecule has 2 heterocycles. The maximum atomic E-state index is 12.5. The third-order valence-corrected chi connectivity index (χ3v) is 3.11. The molecule has 1 aliphatic rings. The number of morpholine rings is 1. The molecule has 19 heavy (non-hydrogen) atoms. The van der Waals surface area contributed by atoms with Gasteiger partial charge in [0.05, 0.1) is 31.1 Å². The molecular formula is C13H19N3O3. The first kappa shape index (κ1) is 13.8. The molecule has 1 fully saturated rings. The van der Waals surface area contributed by atoms with Gasteiger partial charge in [0.1, 0.15) is 5.75 Å². The summed E-state index contributed by atoms with van der Waals surface area (Å²) in [5, 5.41) is 0. The summed E-state index contributed by atoms with van der Waals surface area (Å²) in [6, 6.07) is 1.67. The van der Waals surface area contributed by atoms with E-state index in [0.717, 1.165) is 0 Å². The predicted molar refractivity (Wildman–Crippen MR) is 70.1 cm³/mol. The van der Waals surface area contributed by atoms with E-state index in [4.69, 9.17) is 15.2 Å². The van der Waals surface area contributed by atoms with Gasteiger partial charge in [-0.15, -0.1) is 0 Å².